The number of hydrogen-bond donors (Lipinski definition) is 0. The van der Waals surface area contributed by atoms with E-state index in [1.54, 1.807) is 18.3 Å². The quantitative estimate of drug-likeness (QED) is 0.211. The molecule has 0 atom stereocenters. The third-order valence-corrected chi connectivity index (χ3v) is 7.64. The number of thiocarbonyl (C=S) groups is 1. The smallest absolute Gasteiger partial charge is 0.269 e. The monoisotopic (exact) mass is 547 g/mol. The number of benzene rings is 2. The van der Waals surface area contributed by atoms with Crippen molar-refractivity contribution in [1.29, 1.82) is 0 Å². The van der Waals surface area contributed by atoms with E-state index in [9.17, 15) is 9.59 Å². The number of ether oxygens (including phenoxy) is 1. The van der Waals surface area contributed by atoms with Gasteiger partial charge in [-0.15, -0.1) is 0 Å². The number of rotatable bonds is 5. The normalized spacial score (nSPS) is 14.7. The van der Waals surface area contributed by atoms with E-state index in [4.69, 9.17) is 28.6 Å². The lowest BCUT2D eigenvalue weighted by atomic mass is 10.1. The second kappa shape index (κ2) is 10.1. The number of nitrogens with zero attached hydrogens (tertiary/aromatic N) is 3. The molecule has 0 radical (unpaired) electrons. The topological polar surface area (TPSA) is 63.9 Å². The van der Waals surface area contributed by atoms with Crippen molar-refractivity contribution in [2.75, 3.05) is 0 Å². The number of carbonyl (C=O) groups excluding carboxylic acids is 1. The average molecular weight is 548 g/mol. The van der Waals surface area contributed by atoms with Crippen LogP contribution in [0.25, 0.3) is 11.7 Å². The van der Waals surface area contributed by atoms with E-state index in [0.29, 0.717) is 25.6 Å². The number of thioether (sulfide) groups is 1. The van der Waals surface area contributed by atoms with E-state index >= 15 is 0 Å². The van der Waals surface area contributed by atoms with Crippen molar-refractivity contribution in [3.63, 3.8) is 0 Å². The summed E-state index contributed by atoms with van der Waals surface area (Å²) in [7, 11) is 0. The van der Waals surface area contributed by atoms with Crippen LogP contribution in [0.2, 0.25) is 5.02 Å². The molecule has 186 valence electrons. The maximum atomic E-state index is 13.6. The molecule has 0 unspecified atom stereocenters. The van der Waals surface area contributed by atoms with Crippen LogP contribution in [0.15, 0.2) is 70.5 Å². The molecule has 1 saturated heterocycles. The lowest BCUT2D eigenvalue weighted by Gasteiger charge is -2.15. The molecule has 37 heavy (non-hydrogen) atoms. The molecule has 0 bridgehead atoms. The highest BCUT2D eigenvalue weighted by molar-refractivity contribution is 8.26. The summed E-state index contributed by atoms with van der Waals surface area (Å²) in [5.41, 5.74) is 3.95. The zero-order valence-electron chi connectivity index (χ0n) is 20.3. The third-order valence-electron chi connectivity index (χ3n) is 5.89. The predicted molar refractivity (Wildman–Crippen MR) is 152 cm³/mol. The highest BCUT2D eigenvalue weighted by Crippen LogP contribution is 2.36. The van der Waals surface area contributed by atoms with E-state index in [1.165, 1.54) is 15.4 Å². The summed E-state index contributed by atoms with van der Waals surface area (Å²) in [4.78, 5) is 33.5. The minimum absolute atomic E-state index is 0.126. The molecule has 2 aromatic carbocycles. The largest absolute Gasteiger partial charge is 0.438 e. The molecule has 0 N–H and O–H groups in total. The Kier molecular flexibility index (Phi) is 6.90. The van der Waals surface area contributed by atoms with Crippen LogP contribution in [0.5, 0.6) is 11.6 Å². The third kappa shape index (κ3) is 5.05. The molecule has 3 heterocycles. The molecule has 9 heteroatoms. The van der Waals surface area contributed by atoms with Gasteiger partial charge in [0.15, 0.2) is 0 Å². The van der Waals surface area contributed by atoms with Crippen molar-refractivity contribution in [2.45, 2.75) is 27.3 Å². The van der Waals surface area contributed by atoms with Crippen LogP contribution < -0.4 is 10.3 Å². The van der Waals surface area contributed by atoms with Crippen LogP contribution in [0.1, 0.15) is 27.8 Å². The summed E-state index contributed by atoms with van der Waals surface area (Å²) in [6.07, 6.45) is 3.17. The zero-order chi connectivity index (χ0) is 26.3. The maximum Gasteiger partial charge on any atom is 0.269 e. The van der Waals surface area contributed by atoms with Crippen LogP contribution in [-0.2, 0) is 11.3 Å². The van der Waals surface area contributed by atoms with Crippen LogP contribution in [0.4, 0.5) is 0 Å². The van der Waals surface area contributed by atoms with Crippen molar-refractivity contribution in [3.05, 3.63) is 109 Å². The lowest BCUT2D eigenvalue weighted by molar-refractivity contribution is -0.122. The van der Waals surface area contributed by atoms with Crippen molar-refractivity contribution in [1.82, 2.24) is 14.3 Å². The number of carbonyl (C=O) groups is 1. The van der Waals surface area contributed by atoms with Crippen LogP contribution in [0, 0.1) is 20.8 Å². The summed E-state index contributed by atoms with van der Waals surface area (Å²) in [6.45, 7) is 6.06. The van der Waals surface area contributed by atoms with Gasteiger partial charge in [-0.05, 0) is 73.4 Å². The Labute approximate surface area is 228 Å². The summed E-state index contributed by atoms with van der Waals surface area (Å²) >= 11 is 12.9. The summed E-state index contributed by atoms with van der Waals surface area (Å²) in [6, 6.07) is 16.7. The second-order valence-corrected chi connectivity index (χ2v) is 10.9. The highest BCUT2D eigenvalue weighted by atomic mass is 35.5. The average Bonchev–Trinajstić information content (AvgIpc) is 3.10. The van der Waals surface area contributed by atoms with Crippen molar-refractivity contribution < 1.29 is 9.53 Å². The van der Waals surface area contributed by atoms with Gasteiger partial charge in [0.25, 0.3) is 11.5 Å². The molecule has 1 fully saturated rings. The van der Waals surface area contributed by atoms with Gasteiger partial charge in [0.1, 0.15) is 21.3 Å². The molecule has 5 rings (SSSR count). The molecule has 4 aromatic rings. The molecule has 0 aliphatic carbocycles. The van der Waals surface area contributed by atoms with Crippen molar-refractivity contribution >= 4 is 57.5 Å². The van der Waals surface area contributed by atoms with Gasteiger partial charge in [-0.3, -0.25) is 18.9 Å². The van der Waals surface area contributed by atoms with Gasteiger partial charge in [-0.25, -0.2) is 0 Å². The summed E-state index contributed by atoms with van der Waals surface area (Å²) in [5.74, 6) is 0.380. The number of halogens is 1. The van der Waals surface area contributed by atoms with Gasteiger partial charge >= 0.3 is 0 Å². The van der Waals surface area contributed by atoms with E-state index in [0.717, 1.165) is 34.0 Å². The maximum absolute atomic E-state index is 13.6. The Morgan fingerprint density at radius 1 is 1.05 bits per heavy atom. The molecule has 0 spiro atoms. The van der Waals surface area contributed by atoms with E-state index in [2.05, 4.69) is 4.98 Å². The van der Waals surface area contributed by atoms with E-state index in [-0.39, 0.29) is 29.5 Å². The first-order valence-corrected chi connectivity index (χ1v) is 13.1. The lowest BCUT2D eigenvalue weighted by Crippen LogP contribution is -2.27. The molecular weight excluding hydrogens is 526 g/mol. The first-order valence-electron chi connectivity index (χ1n) is 11.5. The number of aromatic nitrogens is 2. The van der Waals surface area contributed by atoms with Gasteiger partial charge in [0.05, 0.1) is 11.4 Å². The molecular formula is C28H22ClN3O3S2. The van der Waals surface area contributed by atoms with Crippen molar-refractivity contribution in [2.24, 2.45) is 0 Å². The van der Waals surface area contributed by atoms with Gasteiger partial charge in [-0.1, -0.05) is 65.9 Å². The fourth-order valence-electron chi connectivity index (χ4n) is 4.16. The molecule has 1 amide bonds. The fraction of sp³-hybridized carbons (Fsp3) is 0.143. The Balaban J connectivity index is 1.60. The minimum atomic E-state index is -0.343. The van der Waals surface area contributed by atoms with Gasteiger partial charge in [0, 0.05) is 11.2 Å². The number of amides is 1. The van der Waals surface area contributed by atoms with Crippen LogP contribution in [-0.4, -0.2) is 24.5 Å². The van der Waals surface area contributed by atoms with Gasteiger partial charge < -0.3 is 4.74 Å². The summed E-state index contributed by atoms with van der Waals surface area (Å²) < 4.78 is 8.02. The molecule has 6 nitrogen and oxygen atoms in total. The standard InChI is InChI=1S/C28H22ClN3O3S2/c1-16-11-17(2)13-20(12-16)35-25-21(26(33)31-10-6-7-18(3)24(31)30-25)14-23-27(34)32(28(36)37-23)15-19-8-4-5-9-22(19)29/h4-14H,15H2,1-3H3/b23-14+. The number of fused-ring (bicyclic) bond motifs is 1. The summed E-state index contributed by atoms with van der Waals surface area (Å²) in [5, 5.41) is 0.553. The number of hydrogen-bond acceptors (Lipinski definition) is 6. The molecule has 2 aromatic heterocycles. The molecule has 0 saturated carbocycles. The van der Waals surface area contributed by atoms with Crippen LogP contribution >= 0.6 is 35.6 Å². The Morgan fingerprint density at radius 2 is 1.78 bits per heavy atom. The van der Waals surface area contributed by atoms with Gasteiger partial charge in [0.2, 0.25) is 5.88 Å². The number of aryl methyl sites for hydroxylation is 3. The highest BCUT2D eigenvalue weighted by Gasteiger charge is 2.33. The Bertz CT molecular complexity index is 1660. The van der Waals surface area contributed by atoms with Crippen molar-refractivity contribution in [3.8, 4) is 11.6 Å². The Morgan fingerprint density at radius 3 is 2.51 bits per heavy atom. The molecule has 1 aliphatic heterocycles. The van der Waals surface area contributed by atoms with Gasteiger partial charge in [-0.2, -0.15) is 4.98 Å². The van der Waals surface area contributed by atoms with E-state index in [1.807, 2.05) is 63.2 Å². The second-order valence-electron chi connectivity index (χ2n) is 8.81. The molecule has 1 aliphatic rings. The Hall–Kier alpha value is -3.46. The fourth-order valence-corrected chi connectivity index (χ4v) is 5.59. The minimum Gasteiger partial charge on any atom is -0.438 e. The van der Waals surface area contributed by atoms with E-state index < -0.39 is 0 Å². The number of pyridine rings is 1. The first kappa shape index (κ1) is 25.2. The zero-order valence-corrected chi connectivity index (χ0v) is 22.7. The predicted octanol–water partition coefficient (Wildman–Crippen LogP) is 6.47. The first-order chi connectivity index (χ1) is 17.7. The SMILES string of the molecule is Cc1cc(C)cc(Oc2nc3c(C)cccn3c(=O)c2/C=C2/SC(=S)N(Cc3ccccc3Cl)C2=O)c1. The van der Waals surface area contributed by atoms with Crippen LogP contribution in [0.3, 0.4) is 0 Å².